The molecule has 0 atom stereocenters. The molecule has 0 fully saturated rings. The van der Waals surface area contributed by atoms with Crippen molar-refractivity contribution in [2.75, 3.05) is 23.9 Å². The third-order valence-corrected chi connectivity index (χ3v) is 6.17. The molecule has 0 aliphatic carbocycles. The van der Waals surface area contributed by atoms with Gasteiger partial charge in [-0.15, -0.1) is 0 Å². The van der Waals surface area contributed by atoms with Gasteiger partial charge < -0.3 is 15.0 Å². The summed E-state index contributed by atoms with van der Waals surface area (Å²) in [6, 6.07) is 15.9. The molecule has 10 heteroatoms. The molecule has 182 valence electrons. The fourth-order valence-electron chi connectivity index (χ4n) is 4.29. The highest BCUT2D eigenvalue weighted by Gasteiger charge is 2.25. The first kappa shape index (κ1) is 23.0. The Hall–Kier alpha value is -4.73. The first-order valence-corrected chi connectivity index (χ1v) is 11.4. The van der Waals surface area contributed by atoms with E-state index in [4.69, 9.17) is 4.74 Å². The topological polar surface area (TPSA) is 122 Å². The van der Waals surface area contributed by atoms with Crippen LogP contribution in [0.1, 0.15) is 27.2 Å². The molecule has 10 nitrogen and oxygen atoms in total. The number of H-pyrrole nitrogens is 1. The van der Waals surface area contributed by atoms with Crippen molar-refractivity contribution in [1.82, 2.24) is 20.0 Å². The van der Waals surface area contributed by atoms with E-state index < -0.39 is 0 Å². The summed E-state index contributed by atoms with van der Waals surface area (Å²) in [7, 11) is 1.60. The van der Waals surface area contributed by atoms with Crippen molar-refractivity contribution in [2.45, 2.75) is 19.8 Å². The largest absolute Gasteiger partial charge is 0.497 e. The second-order valence-corrected chi connectivity index (χ2v) is 8.46. The molecule has 0 saturated heterocycles. The van der Waals surface area contributed by atoms with E-state index in [9.17, 15) is 14.4 Å². The predicted octanol–water partition coefficient (Wildman–Crippen LogP) is 2.66. The van der Waals surface area contributed by atoms with Gasteiger partial charge in [-0.2, -0.15) is 10.2 Å². The summed E-state index contributed by atoms with van der Waals surface area (Å²) in [4.78, 5) is 39.1. The Bertz CT molecular complexity index is 1500. The highest BCUT2D eigenvalue weighted by atomic mass is 16.5. The van der Waals surface area contributed by atoms with Crippen molar-refractivity contribution < 1.29 is 14.3 Å². The van der Waals surface area contributed by atoms with Gasteiger partial charge in [-0.3, -0.25) is 14.4 Å². The molecule has 0 radical (unpaired) electrons. The average molecular weight is 485 g/mol. The summed E-state index contributed by atoms with van der Waals surface area (Å²) >= 11 is 0. The van der Waals surface area contributed by atoms with Crippen LogP contribution < -0.4 is 20.5 Å². The molecule has 2 aromatic heterocycles. The van der Waals surface area contributed by atoms with Crippen molar-refractivity contribution in [3.8, 4) is 11.6 Å². The molecule has 5 rings (SSSR count). The Labute approximate surface area is 206 Å². The minimum absolute atomic E-state index is 0.0176. The van der Waals surface area contributed by atoms with Gasteiger partial charge in [0.2, 0.25) is 5.91 Å². The first-order valence-electron chi connectivity index (χ1n) is 11.4. The molecule has 0 spiro atoms. The number of carbonyl (C=O) groups excluding carboxylic acids is 2. The number of anilines is 2. The first-order chi connectivity index (χ1) is 17.4. The van der Waals surface area contributed by atoms with Crippen molar-refractivity contribution >= 4 is 23.2 Å². The van der Waals surface area contributed by atoms with E-state index in [0.29, 0.717) is 35.1 Å². The fraction of sp³-hybridized carbons (Fsp3) is 0.192. The Balaban J connectivity index is 1.33. The molecule has 0 bridgehead atoms. The molecular weight excluding hydrogens is 460 g/mol. The number of benzene rings is 2. The van der Waals surface area contributed by atoms with Crippen LogP contribution in [-0.2, 0) is 17.6 Å². The number of methoxy groups -OCH3 is 1. The van der Waals surface area contributed by atoms with Crippen molar-refractivity contribution in [3.05, 3.63) is 93.5 Å². The highest BCUT2D eigenvalue weighted by molar-refractivity contribution is 6.05. The van der Waals surface area contributed by atoms with E-state index >= 15 is 0 Å². The smallest absolute Gasteiger partial charge is 0.264 e. The Morgan fingerprint density at radius 3 is 2.78 bits per heavy atom. The van der Waals surface area contributed by atoms with Gasteiger partial charge in [-0.25, -0.2) is 9.78 Å². The zero-order valence-corrected chi connectivity index (χ0v) is 19.8. The number of hydrogen-bond donors (Lipinski definition) is 2. The maximum Gasteiger partial charge on any atom is 0.264 e. The maximum atomic E-state index is 13.1. The van der Waals surface area contributed by atoms with Crippen LogP contribution in [0.3, 0.4) is 0 Å². The summed E-state index contributed by atoms with van der Waals surface area (Å²) < 4.78 is 6.74. The van der Waals surface area contributed by atoms with E-state index in [2.05, 4.69) is 20.6 Å². The fourth-order valence-corrected chi connectivity index (χ4v) is 4.29. The van der Waals surface area contributed by atoms with E-state index in [0.717, 1.165) is 23.2 Å². The Kier molecular flexibility index (Phi) is 6.07. The van der Waals surface area contributed by atoms with Crippen LogP contribution in [0.5, 0.6) is 5.75 Å². The second-order valence-electron chi connectivity index (χ2n) is 8.46. The molecule has 2 amide bonds. The molecule has 2 aromatic carbocycles. The molecule has 36 heavy (non-hydrogen) atoms. The molecule has 1 aliphatic heterocycles. The number of aromatic amines is 1. The minimum atomic E-state index is -0.338. The lowest BCUT2D eigenvalue weighted by Gasteiger charge is -2.18. The van der Waals surface area contributed by atoms with E-state index in [-0.39, 0.29) is 23.8 Å². The second kappa shape index (κ2) is 9.49. The number of fused-ring (bicyclic) bond motifs is 1. The molecule has 0 unspecified atom stereocenters. The van der Waals surface area contributed by atoms with E-state index in [1.807, 2.05) is 42.5 Å². The molecule has 2 N–H and O–H groups in total. The van der Waals surface area contributed by atoms with Gasteiger partial charge in [-0.1, -0.05) is 18.2 Å². The van der Waals surface area contributed by atoms with Gasteiger partial charge in [0.25, 0.3) is 11.5 Å². The number of hydrogen-bond acceptors (Lipinski definition) is 6. The van der Waals surface area contributed by atoms with Gasteiger partial charge in [-0.05, 0) is 54.8 Å². The lowest BCUT2D eigenvalue weighted by Crippen LogP contribution is -2.30. The van der Waals surface area contributed by atoms with Crippen molar-refractivity contribution in [3.63, 3.8) is 0 Å². The van der Waals surface area contributed by atoms with Crippen LogP contribution in [0.2, 0.25) is 0 Å². The zero-order valence-electron chi connectivity index (χ0n) is 19.8. The third kappa shape index (κ3) is 4.48. The summed E-state index contributed by atoms with van der Waals surface area (Å²) in [6.45, 7) is 2.34. The number of carbonyl (C=O) groups is 2. The van der Waals surface area contributed by atoms with Crippen LogP contribution in [-0.4, -0.2) is 45.4 Å². The molecular formula is C26H24N6O4. The van der Waals surface area contributed by atoms with E-state index in [1.165, 1.54) is 23.0 Å². The van der Waals surface area contributed by atoms with Crippen LogP contribution in [0, 0.1) is 6.92 Å². The molecule has 0 saturated carbocycles. The van der Waals surface area contributed by atoms with Crippen LogP contribution >= 0.6 is 0 Å². The lowest BCUT2D eigenvalue weighted by atomic mass is 10.1. The van der Waals surface area contributed by atoms with Gasteiger partial charge in [0, 0.05) is 24.0 Å². The number of rotatable bonds is 6. The maximum absolute atomic E-state index is 13.1. The van der Waals surface area contributed by atoms with Crippen LogP contribution in [0.4, 0.5) is 11.4 Å². The number of ether oxygens (including phenoxy) is 1. The van der Waals surface area contributed by atoms with E-state index in [1.54, 1.807) is 18.9 Å². The molecule has 1 aliphatic rings. The van der Waals surface area contributed by atoms with Gasteiger partial charge in [0.15, 0.2) is 5.82 Å². The minimum Gasteiger partial charge on any atom is -0.497 e. The summed E-state index contributed by atoms with van der Waals surface area (Å²) in [6.07, 6.45) is 2.46. The Morgan fingerprint density at radius 2 is 2.00 bits per heavy atom. The van der Waals surface area contributed by atoms with Crippen LogP contribution in [0.15, 0.2) is 65.6 Å². The van der Waals surface area contributed by atoms with Gasteiger partial charge >= 0.3 is 0 Å². The lowest BCUT2D eigenvalue weighted by molar-refractivity contribution is -0.117. The quantitative estimate of drug-likeness (QED) is 0.434. The Morgan fingerprint density at radius 1 is 1.14 bits per heavy atom. The number of nitrogens with zero attached hydrogens (tertiary/aromatic N) is 4. The van der Waals surface area contributed by atoms with Crippen molar-refractivity contribution in [2.24, 2.45) is 0 Å². The third-order valence-electron chi connectivity index (χ3n) is 6.17. The van der Waals surface area contributed by atoms with Crippen LogP contribution in [0.25, 0.3) is 5.82 Å². The number of nitrogens with one attached hydrogen (secondary N) is 2. The standard InChI is InChI=1S/C26H24N6O4/c1-16-21(15-27-32(16)23-8-9-24(33)30-29-23)26(35)28-19-7-6-18-10-11-31(22(18)14-19)25(34)13-17-4-3-5-20(12-17)36-2/h3-9,12,14-15H,10-11,13H2,1-2H3,(H,28,35)(H,30,33). The average Bonchev–Trinajstić information content (AvgIpc) is 3.48. The SMILES string of the molecule is COc1cccc(CC(=O)N2CCc3ccc(NC(=O)c4cnn(-c5ccc(=O)[nH]n5)c4C)cc32)c1. The normalized spacial score (nSPS) is 12.3. The summed E-state index contributed by atoms with van der Waals surface area (Å²) in [5.74, 6) is 0.752. The predicted molar refractivity (Wildman–Crippen MR) is 134 cm³/mol. The number of amides is 2. The van der Waals surface area contributed by atoms with Gasteiger partial charge in [0.05, 0.1) is 31.0 Å². The summed E-state index contributed by atoms with van der Waals surface area (Å²) in [5.41, 5.74) is 3.92. The van der Waals surface area contributed by atoms with Gasteiger partial charge in [0.1, 0.15) is 5.75 Å². The van der Waals surface area contributed by atoms with Crippen molar-refractivity contribution in [1.29, 1.82) is 0 Å². The number of aromatic nitrogens is 4. The molecule has 3 heterocycles. The highest BCUT2D eigenvalue weighted by Crippen LogP contribution is 2.32. The monoisotopic (exact) mass is 484 g/mol. The summed E-state index contributed by atoms with van der Waals surface area (Å²) in [5, 5.41) is 13.4. The zero-order chi connectivity index (χ0) is 25.2. The molecule has 4 aromatic rings.